The van der Waals surface area contributed by atoms with Crippen molar-refractivity contribution in [3.8, 4) is 0 Å². The van der Waals surface area contributed by atoms with Crippen molar-refractivity contribution in [2.24, 2.45) is 5.92 Å². The molecule has 1 aliphatic heterocycles. The van der Waals surface area contributed by atoms with E-state index in [1.165, 1.54) is 6.07 Å². The molecule has 1 N–H and O–H groups in total. The first-order valence-corrected chi connectivity index (χ1v) is 10.3. The van der Waals surface area contributed by atoms with E-state index >= 15 is 0 Å². The van der Waals surface area contributed by atoms with Gasteiger partial charge in [0.15, 0.2) is 0 Å². The van der Waals surface area contributed by atoms with Crippen molar-refractivity contribution in [2.75, 3.05) is 13.1 Å². The smallest absolute Gasteiger partial charge is 0.251 e. The average Bonchev–Trinajstić information content (AvgIpc) is 3.08. The number of sulfonamides is 1. The van der Waals surface area contributed by atoms with Gasteiger partial charge in [0.25, 0.3) is 5.91 Å². The van der Waals surface area contributed by atoms with Crippen LogP contribution in [0.25, 0.3) is 0 Å². The van der Waals surface area contributed by atoms with E-state index in [1.807, 2.05) is 0 Å². The van der Waals surface area contributed by atoms with E-state index < -0.39 is 10.0 Å². The molecule has 132 valence electrons. The highest BCUT2D eigenvalue weighted by molar-refractivity contribution is 7.89. The highest BCUT2D eigenvalue weighted by atomic mass is 32.2. The van der Waals surface area contributed by atoms with Gasteiger partial charge in [0, 0.05) is 24.7 Å². The van der Waals surface area contributed by atoms with Crippen molar-refractivity contribution in [2.45, 2.75) is 56.4 Å². The molecule has 1 saturated heterocycles. The summed E-state index contributed by atoms with van der Waals surface area (Å²) in [5.74, 6) is 0.202. The molecule has 1 aliphatic carbocycles. The fourth-order valence-corrected chi connectivity index (χ4v) is 5.30. The molecule has 1 heterocycles. The third kappa shape index (κ3) is 3.81. The summed E-state index contributed by atoms with van der Waals surface area (Å²) >= 11 is 0. The van der Waals surface area contributed by atoms with Gasteiger partial charge in [-0.25, -0.2) is 8.42 Å². The Morgan fingerprint density at radius 3 is 2.62 bits per heavy atom. The molecule has 1 atom stereocenters. The fraction of sp³-hybridized carbons (Fsp3) is 0.611. The van der Waals surface area contributed by atoms with Gasteiger partial charge < -0.3 is 5.32 Å². The second-order valence-corrected chi connectivity index (χ2v) is 9.03. The Labute approximate surface area is 144 Å². The van der Waals surface area contributed by atoms with Gasteiger partial charge >= 0.3 is 0 Å². The van der Waals surface area contributed by atoms with Crippen molar-refractivity contribution in [1.82, 2.24) is 9.62 Å². The quantitative estimate of drug-likeness (QED) is 0.908. The van der Waals surface area contributed by atoms with Crippen LogP contribution in [0.4, 0.5) is 0 Å². The summed E-state index contributed by atoms with van der Waals surface area (Å²) in [4.78, 5) is 12.6. The van der Waals surface area contributed by atoms with Gasteiger partial charge in [0.1, 0.15) is 0 Å². The molecule has 0 radical (unpaired) electrons. The topological polar surface area (TPSA) is 66.5 Å². The van der Waals surface area contributed by atoms with E-state index in [1.54, 1.807) is 22.5 Å². The number of carbonyl (C=O) groups is 1. The zero-order valence-electron chi connectivity index (χ0n) is 14.2. The highest BCUT2D eigenvalue weighted by Gasteiger charge is 2.29. The summed E-state index contributed by atoms with van der Waals surface area (Å²) in [5.41, 5.74) is 0.424. The number of nitrogens with one attached hydrogen (secondary N) is 1. The number of benzene rings is 1. The number of nitrogens with zero attached hydrogens (tertiary/aromatic N) is 1. The average molecular weight is 350 g/mol. The molecule has 1 amide bonds. The molecule has 0 bridgehead atoms. The Balaban J connectivity index is 1.77. The lowest BCUT2D eigenvalue weighted by atomic mass is 10.0. The Hall–Kier alpha value is -1.40. The Morgan fingerprint density at radius 1 is 1.17 bits per heavy atom. The van der Waals surface area contributed by atoms with Crippen LogP contribution in [0.15, 0.2) is 29.2 Å². The summed E-state index contributed by atoms with van der Waals surface area (Å²) < 4.78 is 27.2. The summed E-state index contributed by atoms with van der Waals surface area (Å²) in [6, 6.07) is 6.66. The van der Waals surface area contributed by atoms with Gasteiger partial charge in [0.05, 0.1) is 4.90 Å². The van der Waals surface area contributed by atoms with Gasteiger partial charge in [0.2, 0.25) is 10.0 Å². The molecular weight excluding hydrogens is 324 g/mol. The summed E-state index contributed by atoms with van der Waals surface area (Å²) in [6.45, 7) is 3.19. The van der Waals surface area contributed by atoms with Gasteiger partial charge in [-0.05, 0) is 49.8 Å². The zero-order valence-corrected chi connectivity index (χ0v) is 15.0. The third-order valence-electron chi connectivity index (χ3n) is 5.04. The molecule has 6 heteroatoms. The maximum absolute atomic E-state index is 12.8. The minimum Gasteiger partial charge on any atom is -0.349 e. The standard InChI is InChI=1S/C18H26N2O3S/c1-14-6-5-11-20(13-14)24(22,23)17-10-4-7-15(12-17)18(21)19-16-8-2-3-9-16/h4,7,10,12,14,16H,2-3,5-6,8-9,11,13H2,1H3,(H,19,21). The number of carbonyl (C=O) groups excluding carboxylic acids is 1. The van der Waals surface area contributed by atoms with Crippen LogP contribution in [0.1, 0.15) is 55.8 Å². The lowest BCUT2D eigenvalue weighted by Crippen LogP contribution is -2.39. The van der Waals surface area contributed by atoms with Crippen LogP contribution in [0.2, 0.25) is 0 Å². The van der Waals surface area contributed by atoms with Gasteiger partial charge in [-0.2, -0.15) is 4.31 Å². The first kappa shape index (κ1) is 17.4. The number of piperidine rings is 1. The van der Waals surface area contributed by atoms with Crippen molar-refractivity contribution in [3.05, 3.63) is 29.8 Å². The van der Waals surface area contributed by atoms with Crippen LogP contribution in [-0.2, 0) is 10.0 Å². The van der Waals surface area contributed by atoms with E-state index in [-0.39, 0.29) is 16.8 Å². The van der Waals surface area contributed by atoms with Gasteiger partial charge in [-0.15, -0.1) is 0 Å². The van der Waals surface area contributed by atoms with Crippen molar-refractivity contribution < 1.29 is 13.2 Å². The minimum atomic E-state index is -3.52. The van der Waals surface area contributed by atoms with Crippen molar-refractivity contribution in [1.29, 1.82) is 0 Å². The van der Waals surface area contributed by atoms with E-state index in [9.17, 15) is 13.2 Å². The van der Waals surface area contributed by atoms with Crippen molar-refractivity contribution in [3.63, 3.8) is 0 Å². The molecule has 2 aliphatic rings. The molecule has 5 nitrogen and oxygen atoms in total. The molecule has 1 aromatic carbocycles. The first-order valence-electron chi connectivity index (χ1n) is 8.88. The Bertz CT molecular complexity index is 696. The monoisotopic (exact) mass is 350 g/mol. The van der Waals surface area contributed by atoms with Crippen molar-refractivity contribution >= 4 is 15.9 Å². The predicted octanol–water partition coefficient (Wildman–Crippen LogP) is 2.78. The maximum atomic E-state index is 12.8. The first-order chi connectivity index (χ1) is 11.5. The Morgan fingerprint density at radius 2 is 1.92 bits per heavy atom. The molecule has 3 rings (SSSR count). The van der Waals surface area contributed by atoms with Crippen LogP contribution < -0.4 is 5.32 Å². The lowest BCUT2D eigenvalue weighted by molar-refractivity contribution is 0.0937. The molecule has 2 fully saturated rings. The minimum absolute atomic E-state index is 0.175. The van der Waals surface area contributed by atoms with Gasteiger partial charge in [-0.3, -0.25) is 4.79 Å². The zero-order chi connectivity index (χ0) is 17.2. The van der Waals surface area contributed by atoms with Crippen LogP contribution in [0.5, 0.6) is 0 Å². The summed E-state index contributed by atoms with van der Waals surface area (Å²) in [5, 5.41) is 3.01. The third-order valence-corrected chi connectivity index (χ3v) is 6.91. The molecule has 1 unspecified atom stereocenters. The molecule has 1 aromatic rings. The molecular formula is C18H26N2O3S. The van der Waals surface area contributed by atoms with Crippen LogP contribution in [0.3, 0.4) is 0 Å². The molecule has 1 saturated carbocycles. The predicted molar refractivity (Wildman–Crippen MR) is 93.3 cm³/mol. The second-order valence-electron chi connectivity index (χ2n) is 7.09. The highest BCUT2D eigenvalue weighted by Crippen LogP contribution is 2.24. The summed E-state index contributed by atoms with van der Waals surface area (Å²) in [6.07, 6.45) is 6.27. The van der Waals surface area contributed by atoms with Crippen LogP contribution >= 0.6 is 0 Å². The molecule has 24 heavy (non-hydrogen) atoms. The maximum Gasteiger partial charge on any atom is 0.251 e. The summed E-state index contributed by atoms with van der Waals surface area (Å²) in [7, 11) is -3.52. The molecule has 0 aromatic heterocycles. The normalized spacial score (nSPS) is 23.3. The number of amides is 1. The van der Waals surface area contributed by atoms with Crippen LogP contribution in [-0.4, -0.2) is 37.8 Å². The van der Waals surface area contributed by atoms with Gasteiger partial charge in [-0.1, -0.05) is 25.8 Å². The van der Waals surface area contributed by atoms with Crippen LogP contribution in [0, 0.1) is 5.92 Å². The molecule has 0 spiro atoms. The van der Waals surface area contributed by atoms with E-state index in [2.05, 4.69) is 12.2 Å². The lowest BCUT2D eigenvalue weighted by Gasteiger charge is -2.30. The Kier molecular flexibility index (Phi) is 5.25. The fourth-order valence-electron chi connectivity index (χ4n) is 3.65. The SMILES string of the molecule is CC1CCCN(S(=O)(=O)c2cccc(C(=O)NC3CCCC3)c2)C1. The number of hydrogen-bond acceptors (Lipinski definition) is 3. The second kappa shape index (κ2) is 7.23. The van der Waals surface area contributed by atoms with E-state index in [4.69, 9.17) is 0 Å². The van der Waals surface area contributed by atoms with E-state index in [0.717, 1.165) is 38.5 Å². The largest absolute Gasteiger partial charge is 0.349 e. The number of hydrogen-bond donors (Lipinski definition) is 1. The van der Waals surface area contributed by atoms with E-state index in [0.29, 0.717) is 24.6 Å². The number of rotatable bonds is 4.